The molecule has 0 saturated carbocycles. The zero-order chi connectivity index (χ0) is 12.5. The van der Waals surface area contributed by atoms with E-state index in [1.807, 2.05) is 0 Å². The van der Waals surface area contributed by atoms with Crippen LogP contribution in [0.25, 0.3) is 0 Å². The SMILES string of the molecule is [NH3+][C@H]1[C@@H](OP(=O)([O-])O)O[C@H](CO)[C@H](O)[C@@H]1O. The number of aliphatic hydroxyl groups is 3. The van der Waals surface area contributed by atoms with Crippen molar-refractivity contribution in [3.05, 3.63) is 0 Å². The molecule has 0 aromatic heterocycles. The third-order valence-corrected chi connectivity index (χ3v) is 2.72. The van der Waals surface area contributed by atoms with Crippen molar-refractivity contribution in [1.29, 1.82) is 0 Å². The van der Waals surface area contributed by atoms with Crippen LogP contribution in [0.4, 0.5) is 0 Å². The summed E-state index contributed by atoms with van der Waals surface area (Å²) in [6.45, 7) is -0.639. The van der Waals surface area contributed by atoms with Gasteiger partial charge in [-0.2, -0.15) is 0 Å². The van der Waals surface area contributed by atoms with Crippen LogP contribution in [-0.4, -0.2) is 57.5 Å². The van der Waals surface area contributed by atoms with Crippen molar-refractivity contribution in [2.45, 2.75) is 30.6 Å². The quantitative estimate of drug-likeness (QED) is 0.316. The molecule has 0 bridgehead atoms. The highest BCUT2D eigenvalue weighted by molar-refractivity contribution is 7.44. The van der Waals surface area contributed by atoms with Crippen molar-refractivity contribution in [3.8, 4) is 0 Å². The van der Waals surface area contributed by atoms with E-state index < -0.39 is 45.1 Å². The molecule has 1 fully saturated rings. The smallest absolute Gasteiger partial charge is 0.267 e. The molecule has 0 aliphatic carbocycles. The molecule has 1 aliphatic rings. The molecule has 16 heavy (non-hydrogen) atoms. The first kappa shape index (κ1) is 14.0. The van der Waals surface area contributed by atoms with Gasteiger partial charge in [0.2, 0.25) is 6.29 Å². The number of hydrogen-bond acceptors (Lipinski definition) is 7. The second-order valence-electron chi connectivity index (χ2n) is 3.44. The van der Waals surface area contributed by atoms with E-state index in [1.54, 1.807) is 0 Å². The summed E-state index contributed by atoms with van der Waals surface area (Å²) in [6.07, 6.45) is -5.59. The second-order valence-corrected chi connectivity index (χ2v) is 4.59. The Labute approximate surface area is 90.6 Å². The summed E-state index contributed by atoms with van der Waals surface area (Å²) in [5, 5.41) is 27.6. The first-order valence-electron chi connectivity index (χ1n) is 4.44. The van der Waals surface area contributed by atoms with E-state index in [-0.39, 0.29) is 0 Å². The van der Waals surface area contributed by atoms with Gasteiger partial charge in [-0.05, 0) is 0 Å². The van der Waals surface area contributed by atoms with Gasteiger partial charge in [0, 0.05) is 0 Å². The summed E-state index contributed by atoms with van der Waals surface area (Å²) in [7, 11) is -5.04. The van der Waals surface area contributed by atoms with Crippen LogP contribution in [-0.2, 0) is 13.8 Å². The molecule has 1 saturated heterocycles. The Balaban J connectivity index is 2.75. The van der Waals surface area contributed by atoms with Gasteiger partial charge in [0.1, 0.15) is 18.3 Å². The number of hydrogen-bond donors (Lipinski definition) is 5. The van der Waals surface area contributed by atoms with Crippen LogP contribution in [0.15, 0.2) is 0 Å². The lowest BCUT2D eigenvalue weighted by Gasteiger charge is -2.39. The van der Waals surface area contributed by atoms with Crippen molar-refractivity contribution in [2.75, 3.05) is 6.61 Å². The summed E-state index contributed by atoms with van der Waals surface area (Å²) in [5.74, 6) is 0. The highest BCUT2D eigenvalue weighted by Gasteiger charge is 2.46. The van der Waals surface area contributed by atoms with Gasteiger partial charge in [0.05, 0.1) is 6.61 Å². The zero-order valence-corrected chi connectivity index (χ0v) is 9.06. The molecule has 7 N–H and O–H groups in total. The van der Waals surface area contributed by atoms with Crippen LogP contribution in [0.1, 0.15) is 0 Å². The van der Waals surface area contributed by atoms with E-state index in [1.165, 1.54) is 0 Å². The largest absolute Gasteiger partial charge is 0.756 e. The molecule has 96 valence electrons. The molecule has 6 atom stereocenters. The average molecular weight is 259 g/mol. The van der Waals surface area contributed by atoms with E-state index in [9.17, 15) is 19.7 Å². The predicted octanol–water partition coefficient (Wildman–Crippen LogP) is -4.49. The summed E-state index contributed by atoms with van der Waals surface area (Å²) in [5.41, 5.74) is 3.35. The van der Waals surface area contributed by atoms with Crippen LogP contribution >= 0.6 is 7.82 Å². The molecule has 9 nitrogen and oxygen atoms in total. The fourth-order valence-electron chi connectivity index (χ4n) is 1.37. The lowest BCUT2D eigenvalue weighted by atomic mass is 9.98. The molecule has 1 heterocycles. The summed E-state index contributed by atoms with van der Waals surface area (Å²) < 4.78 is 19.4. The van der Waals surface area contributed by atoms with Crippen molar-refractivity contribution in [1.82, 2.24) is 0 Å². The average Bonchev–Trinajstić information content (AvgIpc) is 2.17. The van der Waals surface area contributed by atoms with Crippen molar-refractivity contribution in [3.63, 3.8) is 0 Å². The lowest BCUT2D eigenvalue weighted by molar-refractivity contribution is -0.497. The van der Waals surface area contributed by atoms with E-state index >= 15 is 0 Å². The van der Waals surface area contributed by atoms with E-state index in [4.69, 9.17) is 14.7 Å². The topological polar surface area (TPSA) is 167 Å². The molecule has 0 spiro atoms. The Bertz CT molecular complexity index is 280. The molecule has 1 aliphatic heterocycles. The Hall–Kier alpha value is -0.0900. The monoisotopic (exact) mass is 259 g/mol. The van der Waals surface area contributed by atoms with Gasteiger partial charge >= 0.3 is 0 Å². The van der Waals surface area contributed by atoms with Gasteiger partial charge in [-0.25, -0.2) is 0 Å². The van der Waals surface area contributed by atoms with E-state index in [0.717, 1.165) is 0 Å². The van der Waals surface area contributed by atoms with E-state index in [0.29, 0.717) is 0 Å². The van der Waals surface area contributed by atoms with Crippen molar-refractivity contribution >= 4 is 7.82 Å². The summed E-state index contributed by atoms with van der Waals surface area (Å²) >= 11 is 0. The van der Waals surface area contributed by atoms with Gasteiger partial charge in [0.15, 0.2) is 6.04 Å². The van der Waals surface area contributed by atoms with Gasteiger partial charge in [0.25, 0.3) is 7.82 Å². The second kappa shape index (κ2) is 5.05. The first-order chi connectivity index (χ1) is 7.26. The maximum absolute atomic E-state index is 10.5. The Morgan fingerprint density at radius 1 is 1.44 bits per heavy atom. The predicted molar refractivity (Wildman–Crippen MR) is 45.3 cm³/mol. The number of quaternary nitrogens is 1. The van der Waals surface area contributed by atoms with Crippen LogP contribution in [0.3, 0.4) is 0 Å². The van der Waals surface area contributed by atoms with Gasteiger partial charge in [-0.1, -0.05) is 0 Å². The van der Waals surface area contributed by atoms with Crippen molar-refractivity contribution < 1.29 is 44.7 Å². The maximum Gasteiger partial charge on any atom is 0.267 e. The Kier molecular flexibility index (Phi) is 4.41. The molecule has 0 aromatic carbocycles. The number of phosphoric ester groups is 1. The maximum atomic E-state index is 10.5. The standard InChI is InChI=1S/C6H14NO8P/c7-3-5(10)4(9)2(1-8)14-6(3)15-16(11,12)13/h2-6,8-10H,1,7H2,(H2,11,12,13)/t2-,3-,4+,5-,6-/m1/s1. The minimum Gasteiger partial charge on any atom is -0.756 e. The fourth-order valence-corrected chi connectivity index (χ4v) is 1.84. The first-order valence-corrected chi connectivity index (χ1v) is 5.93. The van der Waals surface area contributed by atoms with E-state index in [2.05, 4.69) is 10.3 Å². The Morgan fingerprint density at radius 2 is 2.00 bits per heavy atom. The molecular formula is C6H14NO8P. The minimum absolute atomic E-state index is 0.639. The molecule has 0 amide bonds. The Morgan fingerprint density at radius 3 is 2.44 bits per heavy atom. The molecule has 10 heteroatoms. The van der Waals surface area contributed by atoms with Gasteiger partial charge < -0.3 is 35.6 Å². The van der Waals surface area contributed by atoms with Gasteiger partial charge in [-0.15, -0.1) is 0 Å². The molecule has 1 unspecified atom stereocenters. The third kappa shape index (κ3) is 3.20. The third-order valence-electron chi connectivity index (χ3n) is 2.25. The summed E-state index contributed by atoms with van der Waals surface area (Å²) in [4.78, 5) is 18.9. The minimum atomic E-state index is -5.04. The molecular weight excluding hydrogens is 245 g/mol. The highest BCUT2D eigenvalue weighted by atomic mass is 31.2. The molecule has 0 aromatic rings. The molecule has 1 rings (SSSR count). The number of phosphoric acid groups is 1. The number of ether oxygens (including phenoxy) is 1. The fraction of sp³-hybridized carbons (Fsp3) is 1.00. The summed E-state index contributed by atoms with van der Waals surface area (Å²) in [6, 6.07) is -1.12. The normalized spacial score (nSPS) is 44.0. The zero-order valence-electron chi connectivity index (χ0n) is 8.17. The van der Waals surface area contributed by atoms with Crippen molar-refractivity contribution in [2.24, 2.45) is 0 Å². The van der Waals surface area contributed by atoms with Crippen LogP contribution in [0.2, 0.25) is 0 Å². The molecule has 0 radical (unpaired) electrons. The van der Waals surface area contributed by atoms with Gasteiger partial charge in [-0.3, -0.25) is 9.09 Å². The van der Waals surface area contributed by atoms with Crippen LogP contribution in [0.5, 0.6) is 0 Å². The lowest BCUT2D eigenvalue weighted by Crippen LogP contribution is -2.78. The number of rotatable bonds is 3. The van der Waals surface area contributed by atoms with Crippen LogP contribution < -0.4 is 10.6 Å². The number of aliphatic hydroxyl groups excluding tert-OH is 3. The highest BCUT2D eigenvalue weighted by Crippen LogP contribution is 2.35. The van der Waals surface area contributed by atoms with Crippen LogP contribution in [0, 0.1) is 0 Å².